The van der Waals surface area contributed by atoms with Crippen LogP contribution in [0.4, 0.5) is 0 Å². The van der Waals surface area contributed by atoms with Gasteiger partial charge in [-0.15, -0.1) is 0 Å². The molecule has 0 saturated heterocycles. The van der Waals surface area contributed by atoms with Crippen molar-refractivity contribution in [3.8, 4) is 0 Å². The van der Waals surface area contributed by atoms with Crippen LogP contribution in [0, 0.1) is 0 Å². The molecule has 1 aromatic carbocycles. The van der Waals surface area contributed by atoms with E-state index in [4.69, 9.17) is 10.5 Å². The molecule has 0 fully saturated rings. The molecule has 0 spiro atoms. The molecule has 13 heavy (non-hydrogen) atoms. The molecule has 0 amide bonds. The molecule has 0 unspecified atom stereocenters. The van der Waals surface area contributed by atoms with Gasteiger partial charge in [0.1, 0.15) is 6.23 Å². The second-order valence-electron chi connectivity index (χ2n) is 2.86. The lowest BCUT2D eigenvalue weighted by Gasteiger charge is -2.07. The summed E-state index contributed by atoms with van der Waals surface area (Å²) >= 11 is 0. The zero-order valence-corrected chi connectivity index (χ0v) is 7.57. The van der Waals surface area contributed by atoms with Crippen LogP contribution in [-0.4, -0.2) is 12.2 Å². The molecular weight excluding hydrogens is 166 g/mol. The fraction of sp³-hybridized carbons (Fsp3) is 0.300. The highest BCUT2D eigenvalue weighted by molar-refractivity contribution is 5.72. The van der Waals surface area contributed by atoms with Crippen molar-refractivity contribution in [2.24, 2.45) is 5.73 Å². The minimum Gasteiger partial charge on any atom is -0.447 e. The van der Waals surface area contributed by atoms with Crippen LogP contribution in [0.3, 0.4) is 0 Å². The summed E-state index contributed by atoms with van der Waals surface area (Å²) in [6.45, 7) is 1.63. The number of ether oxygens (including phenoxy) is 1. The topological polar surface area (TPSA) is 52.3 Å². The van der Waals surface area contributed by atoms with E-state index < -0.39 is 6.23 Å². The van der Waals surface area contributed by atoms with Crippen molar-refractivity contribution >= 4 is 5.97 Å². The number of rotatable bonds is 3. The Balaban J connectivity index is 2.46. The minimum absolute atomic E-state index is 0.280. The highest BCUT2D eigenvalue weighted by Gasteiger charge is 2.05. The van der Waals surface area contributed by atoms with Crippen molar-refractivity contribution in [3.63, 3.8) is 0 Å². The number of benzene rings is 1. The second-order valence-corrected chi connectivity index (χ2v) is 2.86. The van der Waals surface area contributed by atoms with Gasteiger partial charge in [-0.25, -0.2) is 0 Å². The molecule has 0 aliphatic carbocycles. The van der Waals surface area contributed by atoms with Gasteiger partial charge in [-0.05, 0) is 12.5 Å². The standard InChI is InChI=1S/C10H13NO2/c1-8(11)13-10(12)7-9-5-3-2-4-6-9/h2-6,8H,7,11H2,1H3/t8-/m0/s1. The maximum absolute atomic E-state index is 11.1. The van der Waals surface area contributed by atoms with Crippen molar-refractivity contribution in [1.82, 2.24) is 0 Å². The van der Waals surface area contributed by atoms with E-state index >= 15 is 0 Å². The molecule has 3 nitrogen and oxygen atoms in total. The molecule has 0 aromatic heterocycles. The molecule has 0 bridgehead atoms. The summed E-state index contributed by atoms with van der Waals surface area (Å²) in [6, 6.07) is 9.42. The zero-order chi connectivity index (χ0) is 9.68. The Bertz CT molecular complexity index is 270. The van der Waals surface area contributed by atoms with Crippen LogP contribution >= 0.6 is 0 Å². The smallest absolute Gasteiger partial charge is 0.311 e. The van der Waals surface area contributed by atoms with Crippen LogP contribution in [-0.2, 0) is 16.0 Å². The molecule has 0 radical (unpaired) electrons. The van der Waals surface area contributed by atoms with Gasteiger partial charge < -0.3 is 4.74 Å². The van der Waals surface area contributed by atoms with Crippen LogP contribution in [0.5, 0.6) is 0 Å². The van der Waals surface area contributed by atoms with E-state index in [2.05, 4.69) is 0 Å². The van der Waals surface area contributed by atoms with Gasteiger partial charge in [-0.1, -0.05) is 30.3 Å². The SMILES string of the molecule is C[C@@H](N)OC(=O)Cc1ccccc1. The number of nitrogens with two attached hydrogens (primary N) is 1. The van der Waals surface area contributed by atoms with Crippen LogP contribution in [0.2, 0.25) is 0 Å². The van der Waals surface area contributed by atoms with E-state index in [-0.39, 0.29) is 12.4 Å². The molecule has 70 valence electrons. The van der Waals surface area contributed by atoms with E-state index in [9.17, 15) is 4.79 Å². The van der Waals surface area contributed by atoms with Gasteiger partial charge in [0.15, 0.2) is 0 Å². The molecular formula is C10H13NO2. The van der Waals surface area contributed by atoms with Crippen LogP contribution in [0.25, 0.3) is 0 Å². The fourth-order valence-corrected chi connectivity index (χ4v) is 1.01. The van der Waals surface area contributed by atoms with Crippen LogP contribution in [0.1, 0.15) is 12.5 Å². The van der Waals surface area contributed by atoms with Gasteiger partial charge in [-0.2, -0.15) is 0 Å². The van der Waals surface area contributed by atoms with Crippen molar-refractivity contribution in [2.45, 2.75) is 19.6 Å². The lowest BCUT2D eigenvalue weighted by Crippen LogP contribution is -2.24. The Labute approximate surface area is 77.5 Å². The Morgan fingerprint density at radius 1 is 1.46 bits per heavy atom. The first-order valence-corrected chi connectivity index (χ1v) is 4.17. The average Bonchev–Trinajstić information content (AvgIpc) is 2.04. The third kappa shape index (κ3) is 3.71. The second kappa shape index (κ2) is 4.62. The quantitative estimate of drug-likeness (QED) is 0.558. The summed E-state index contributed by atoms with van der Waals surface area (Å²) in [5, 5.41) is 0. The summed E-state index contributed by atoms with van der Waals surface area (Å²) in [6.07, 6.45) is -0.251. The summed E-state index contributed by atoms with van der Waals surface area (Å²) in [7, 11) is 0. The Morgan fingerprint density at radius 2 is 2.08 bits per heavy atom. The molecule has 0 aliphatic heterocycles. The summed E-state index contributed by atoms with van der Waals surface area (Å²) in [5.74, 6) is -0.291. The fourth-order valence-electron chi connectivity index (χ4n) is 1.01. The lowest BCUT2D eigenvalue weighted by atomic mass is 10.2. The summed E-state index contributed by atoms with van der Waals surface area (Å²) in [5.41, 5.74) is 6.24. The first-order valence-electron chi connectivity index (χ1n) is 4.17. The van der Waals surface area contributed by atoms with E-state index in [1.54, 1.807) is 6.92 Å². The number of hydrogen-bond donors (Lipinski definition) is 1. The van der Waals surface area contributed by atoms with Crippen LogP contribution < -0.4 is 5.73 Å². The van der Waals surface area contributed by atoms with Gasteiger partial charge in [0.2, 0.25) is 0 Å². The Morgan fingerprint density at radius 3 is 2.62 bits per heavy atom. The normalized spacial score (nSPS) is 12.2. The largest absolute Gasteiger partial charge is 0.447 e. The molecule has 3 heteroatoms. The first kappa shape index (κ1) is 9.74. The number of hydrogen-bond acceptors (Lipinski definition) is 3. The van der Waals surface area contributed by atoms with Crippen molar-refractivity contribution < 1.29 is 9.53 Å². The third-order valence-electron chi connectivity index (χ3n) is 1.51. The van der Waals surface area contributed by atoms with Gasteiger partial charge in [0.05, 0.1) is 6.42 Å². The zero-order valence-electron chi connectivity index (χ0n) is 7.57. The monoisotopic (exact) mass is 179 g/mol. The van der Waals surface area contributed by atoms with Gasteiger partial charge in [0.25, 0.3) is 0 Å². The number of carbonyl (C=O) groups is 1. The molecule has 0 saturated carbocycles. The van der Waals surface area contributed by atoms with E-state index in [1.165, 1.54) is 0 Å². The predicted molar refractivity (Wildman–Crippen MR) is 49.9 cm³/mol. The van der Waals surface area contributed by atoms with Crippen molar-refractivity contribution in [2.75, 3.05) is 0 Å². The van der Waals surface area contributed by atoms with Crippen LogP contribution in [0.15, 0.2) is 30.3 Å². The van der Waals surface area contributed by atoms with Crippen molar-refractivity contribution in [1.29, 1.82) is 0 Å². The molecule has 1 rings (SSSR count). The maximum atomic E-state index is 11.1. The van der Waals surface area contributed by atoms with Gasteiger partial charge in [0, 0.05) is 0 Å². The summed E-state index contributed by atoms with van der Waals surface area (Å²) in [4.78, 5) is 11.1. The predicted octanol–water partition coefficient (Wildman–Crippen LogP) is 1.08. The molecule has 0 heterocycles. The number of carbonyl (C=O) groups excluding carboxylic acids is 1. The Hall–Kier alpha value is -1.35. The highest BCUT2D eigenvalue weighted by Crippen LogP contribution is 2.00. The third-order valence-corrected chi connectivity index (χ3v) is 1.51. The molecule has 1 aromatic rings. The Kier molecular flexibility index (Phi) is 3.46. The van der Waals surface area contributed by atoms with Gasteiger partial charge in [-0.3, -0.25) is 10.5 Å². The van der Waals surface area contributed by atoms with Gasteiger partial charge >= 0.3 is 5.97 Å². The summed E-state index contributed by atoms with van der Waals surface area (Å²) < 4.78 is 4.79. The highest BCUT2D eigenvalue weighted by atomic mass is 16.5. The maximum Gasteiger partial charge on any atom is 0.311 e. The minimum atomic E-state index is -0.531. The van der Waals surface area contributed by atoms with E-state index in [0.717, 1.165) is 5.56 Å². The molecule has 1 atom stereocenters. The molecule has 0 aliphatic rings. The lowest BCUT2D eigenvalue weighted by molar-refractivity contribution is -0.147. The molecule has 2 N–H and O–H groups in total. The first-order chi connectivity index (χ1) is 6.18. The number of esters is 1. The van der Waals surface area contributed by atoms with Crippen molar-refractivity contribution in [3.05, 3.63) is 35.9 Å². The van der Waals surface area contributed by atoms with E-state index in [0.29, 0.717) is 0 Å². The average molecular weight is 179 g/mol. The van der Waals surface area contributed by atoms with E-state index in [1.807, 2.05) is 30.3 Å².